The fraction of sp³-hybridized carbons (Fsp3) is 0.500. The van der Waals surface area contributed by atoms with Gasteiger partial charge in [0.05, 0.1) is 5.69 Å². The van der Waals surface area contributed by atoms with Gasteiger partial charge in [0.1, 0.15) is 0 Å². The highest BCUT2D eigenvalue weighted by atomic mass is 35.5. The van der Waals surface area contributed by atoms with Gasteiger partial charge in [-0.05, 0) is 31.4 Å². The lowest BCUT2D eigenvalue weighted by Crippen LogP contribution is -2.30. The summed E-state index contributed by atoms with van der Waals surface area (Å²) in [6, 6.07) is 3.79. The van der Waals surface area contributed by atoms with E-state index in [-0.39, 0.29) is 24.8 Å². The molecule has 3 nitrogen and oxygen atoms in total. The smallest absolute Gasteiger partial charge is 0.151 e. The lowest BCUT2D eigenvalue weighted by molar-refractivity contribution is 0.574. The van der Waals surface area contributed by atoms with Gasteiger partial charge in [0.2, 0.25) is 0 Å². The zero-order valence-corrected chi connectivity index (χ0v) is 10.2. The van der Waals surface area contributed by atoms with E-state index in [1.54, 1.807) is 6.20 Å². The first-order valence-electron chi connectivity index (χ1n) is 4.83. The van der Waals surface area contributed by atoms with Gasteiger partial charge < -0.3 is 10.6 Å². The van der Waals surface area contributed by atoms with Crippen LogP contribution in [0.25, 0.3) is 0 Å². The molecule has 2 heterocycles. The van der Waals surface area contributed by atoms with Crippen LogP contribution < -0.4 is 10.6 Å². The fourth-order valence-corrected chi connectivity index (χ4v) is 1.78. The van der Waals surface area contributed by atoms with E-state index >= 15 is 0 Å². The predicted octanol–water partition coefficient (Wildman–Crippen LogP) is 2.50. The molecule has 0 saturated carbocycles. The van der Waals surface area contributed by atoms with Crippen molar-refractivity contribution >= 4 is 36.3 Å². The van der Waals surface area contributed by atoms with E-state index in [1.807, 2.05) is 12.1 Å². The molecule has 1 aromatic heterocycles. The van der Waals surface area contributed by atoms with Gasteiger partial charge in [0, 0.05) is 19.3 Å². The van der Waals surface area contributed by atoms with Crippen molar-refractivity contribution < 1.29 is 0 Å². The Labute approximate surface area is 103 Å². The van der Waals surface area contributed by atoms with Crippen molar-refractivity contribution in [1.29, 1.82) is 0 Å². The zero-order chi connectivity index (χ0) is 9.10. The topological polar surface area (TPSA) is 42.1 Å². The molecule has 0 bridgehead atoms. The summed E-state index contributed by atoms with van der Waals surface area (Å²) in [6.45, 7) is 2.20. The van der Waals surface area contributed by atoms with Gasteiger partial charge in [-0.3, -0.25) is 0 Å². The van der Waals surface area contributed by atoms with E-state index in [9.17, 15) is 0 Å². The summed E-state index contributed by atoms with van der Waals surface area (Å²) in [6.07, 6.45) is 5.66. The van der Waals surface area contributed by atoms with Crippen LogP contribution in [0.3, 0.4) is 0 Å². The van der Waals surface area contributed by atoms with Crippen LogP contribution in [-0.4, -0.2) is 18.1 Å². The number of hydrogen-bond acceptors (Lipinski definition) is 3. The van der Waals surface area contributed by atoms with Crippen molar-refractivity contribution in [2.45, 2.75) is 19.3 Å². The molecule has 0 amide bonds. The number of piperidine rings is 1. The first kappa shape index (κ1) is 14.3. The molecule has 5 heteroatoms. The maximum Gasteiger partial charge on any atom is 0.151 e. The summed E-state index contributed by atoms with van der Waals surface area (Å²) in [5.74, 6) is 0.960. The van der Waals surface area contributed by atoms with Crippen LogP contribution in [0.2, 0.25) is 0 Å². The molecule has 15 heavy (non-hydrogen) atoms. The molecule has 0 aromatic carbocycles. The van der Waals surface area contributed by atoms with Crippen molar-refractivity contribution in [2.75, 3.05) is 23.7 Å². The van der Waals surface area contributed by atoms with E-state index in [0.29, 0.717) is 0 Å². The molecule has 2 rings (SSSR count). The van der Waals surface area contributed by atoms with Gasteiger partial charge in [0.25, 0.3) is 0 Å². The number of nitrogens with zero attached hydrogens (tertiary/aromatic N) is 2. The average Bonchev–Trinajstić information content (AvgIpc) is 2.20. The zero-order valence-electron chi connectivity index (χ0n) is 8.56. The summed E-state index contributed by atoms with van der Waals surface area (Å²) < 4.78 is 0. The first-order valence-corrected chi connectivity index (χ1v) is 4.83. The van der Waals surface area contributed by atoms with Gasteiger partial charge in [-0.15, -0.1) is 24.8 Å². The van der Waals surface area contributed by atoms with E-state index in [2.05, 4.69) is 9.88 Å². The number of nitrogens with two attached hydrogens (primary N) is 1. The molecular formula is C10H17Cl2N3. The van der Waals surface area contributed by atoms with Gasteiger partial charge >= 0.3 is 0 Å². The third kappa shape index (κ3) is 3.43. The van der Waals surface area contributed by atoms with E-state index in [1.165, 1.54) is 19.3 Å². The van der Waals surface area contributed by atoms with Crippen LogP contribution in [0.1, 0.15) is 19.3 Å². The molecule has 1 aliphatic rings. The van der Waals surface area contributed by atoms with Gasteiger partial charge in [-0.2, -0.15) is 0 Å². The van der Waals surface area contributed by atoms with Gasteiger partial charge in [0.15, 0.2) is 5.82 Å². The molecule has 1 aromatic rings. The molecule has 0 radical (unpaired) electrons. The largest absolute Gasteiger partial charge is 0.396 e. The Hall–Kier alpha value is -0.670. The summed E-state index contributed by atoms with van der Waals surface area (Å²) >= 11 is 0. The highest BCUT2D eigenvalue weighted by molar-refractivity contribution is 5.85. The normalized spacial score (nSPS) is 15.1. The monoisotopic (exact) mass is 249 g/mol. The number of hydrogen-bond donors (Lipinski definition) is 1. The third-order valence-corrected chi connectivity index (χ3v) is 2.47. The first-order chi connectivity index (χ1) is 6.38. The Morgan fingerprint density at radius 1 is 1.13 bits per heavy atom. The van der Waals surface area contributed by atoms with E-state index < -0.39 is 0 Å². The predicted molar refractivity (Wildman–Crippen MR) is 69.2 cm³/mol. The SMILES string of the molecule is Cl.Cl.Nc1cccnc1N1CCCCC1. The minimum Gasteiger partial charge on any atom is -0.396 e. The van der Waals surface area contributed by atoms with Crippen LogP contribution in [0, 0.1) is 0 Å². The van der Waals surface area contributed by atoms with Crippen molar-refractivity contribution in [3.8, 4) is 0 Å². The molecule has 1 aliphatic heterocycles. The van der Waals surface area contributed by atoms with Gasteiger partial charge in [-0.25, -0.2) is 4.98 Å². The average molecular weight is 250 g/mol. The third-order valence-electron chi connectivity index (χ3n) is 2.47. The summed E-state index contributed by atoms with van der Waals surface area (Å²) in [5, 5.41) is 0. The van der Waals surface area contributed by atoms with Crippen molar-refractivity contribution in [1.82, 2.24) is 4.98 Å². The minimum atomic E-state index is 0. The quantitative estimate of drug-likeness (QED) is 0.832. The standard InChI is InChI=1S/C10H15N3.2ClH/c11-9-5-4-6-12-10(9)13-7-2-1-3-8-13;;/h4-6H,1-3,7-8,11H2;2*1H. The Balaban J connectivity index is 0.000000980. The Kier molecular flexibility index (Phi) is 6.45. The number of halogens is 2. The fourth-order valence-electron chi connectivity index (χ4n) is 1.78. The second-order valence-corrected chi connectivity index (χ2v) is 3.46. The summed E-state index contributed by atoms with van der Waals surface area (Å²) in [5.41, 5.74) is 6.64. The summed E-state index contributed by atoms with van der Waals surface area (Å²) in [4.78, 5) is 6.58. The van der Waals surface area contributed by atoms with Crippen LogP contribution >= 0.6 is 24.8 Å². The molecule has 0 unspecified atom stereocenters. The number of anilines is 2. The Morgan fingerprint density at radius 3 is 2.40 bits per heavy atom. The maximum atomic E-state index is 5.85. The van der Waals surface area contributed by atoms with Crippen molar-refractivity contribution in [3.05, 3.63) is 18.3 Å². The molecule has 1 saturated heterocycles. The molecule has 1 fully saturated rings. The number of nitrogen functional groups attached to an aromatic ring is 1. The molecular weight excluding hydrogens is 233 g/mol. The summed E-state index contributed by atoms with van der Waals surface area (Å²) in [7, 11) is 0. The second kappa shape index (κ2) is 6.75. The van der Waals surface area contributed by atoms with E-state index in [0.717, 1.165) is 24.6 Å². The lowest BCUT2D eigenvalue weighted by atomic mass is 10.1. The molecule has 0 spiro atoms. The lowest BCUT2D eigenvalue weighted by Gasteiger charge is -2.28. The number of pyridine rings is 1. The van der Waals surface area contributed by atoms with Crippen molar-refractivity contribution in [2.24, 2.45) is 0 Å². The Bertz CT molecular complexity index is 288. The van der Waals surface area contributed by atoms with E-state index in [4.69, 9.17) is 5.73 Å². The number of rotatable bonds is 1. The van der Waals surface area contributed by atoms with Crippen LogP contribution in [-0.2, 0) is 0 Å². The number of aromatic nitrogens is 1. The van der Waals surface area contributed by atoms with Crippen LogP contribution in [0.4, 0.5) is 11.5 Å². The minimum absolute atomic E-state index is 0. The highest BCUT2D eigenvalue weighted by Crippen LogP contribution is 2.22. The molecule has 2 N–H and O–H groups in total. The molecule has 0 aliphatic carbocycles. The molecule has 86 valence electrons. The highest BCUT2D eigenvalue weighted by Gasteiger charge is 2.13. The Morgan fingerprint density at radius 2 is 1.80 bits per heavy atom. The van der Waals surface area contributed by atoms with Crippen LogP contribution in [0.5, 0.6) is 0 Å². The molecule has 0 atom stereocenters. The van der Waals surface area contributed by atoms with Crippen molar-refractivity contribution in [3.63, 3.8) is 0 Å². The second-order valence-electron chi connectivity index (χ2n) is 3.46. The maximum absolute atomic E-state index is 5.85. The van der Waals surface area contributed by atoms with Gasteiger partial charge in [-0.1, -0.05) is 0 Å². The van der Waals surface area contributed by atoms with Crippen LogP contribution in [0.15, 0.2) is 18.3 Å².